The average molecular weight is 386 g/mol. The molecular weight excluding hydrogens is 366 g/mol. The lowest BCUT2D eigenvalue weighted by atomic mass is 10.2. The van der Waals surface area contributed by atoms with E-state index in [1.165, 1.54) is 11.0 Å². The van der Waals surface area contributed by atoms with Gasteiger partial charge >= 0.3 is 0 Å². The number of hydrogen-bond acceptors (Lipinski definition) is 3. The topological polar surface area (TPSA) is 46.9 Å². The van der Waals surface area contributed by atoms with Crippen molar-refractivity contribution in [3.8, 4) is 0 Å². The van der Waals surface area contributed by atoms with Gasteiger partial charge in [-0.05, 0) is 36.4 Å². The molecule has 1 amide bonds. The molecule has 0 saturated carbocycles. The van der Waals surface area contributed by atoms with Crippen LogP contribution < -0.4 is 5.32 Å². The zero-order chi connectivity index (χ0) is 18.4. The van der Waals surface area contributed by atoms with E-state index in [0.717, 1.165) is 23.2 Å². The van der Waals surface area contributed by atoms with E-state index in [9.17, 15) is 4.79 Å². The van der Waals surface area contributed by atoms with E-state index in [-0.39, 0.29) is 5.91 Å². The van der Waals surface area contributed by atoms with Crippen molar-refractivity contribution < 1.29 is 4.79 Å². The molecule has 0 spiro atoms. The first kappa shape index (κ1) is 18.4. The first-order chi connectivity index (χ1) is 12.6. The molecule has 4 nitrogen and oxygen atoms in total. The van der Waals surface area contributed by atoms with Gasteiger partial charge in [-0.25, -0.2) is 4.68 Å². The third-order valence-corrected chi connectivity index (χ3v) is 5.27. The fourth-order valence-electron chi connectivity index (χ4n) is 2.60. The van der Waals surface area contributed by atoms with Crippen molar-refractivity contribution in [2.24, 2.45) is 0 Å². The molecule has 0 saturated heterocycles. The Morgan fingerprint density at radius 3 is 2.81 bits per heavy atom. The number of thiophene rings is 1. The lowest BCUT2D eigenvalue weighted by Crippen LogP contribution is -2.23. The first-order valence-corrected chi connectivity index (χ1v) is 9.64. The van der Waals surface area contributed by atoms with Crippen molar-refractivity contribution in [1.82, 2.24) is 15.1 Å². The van der Waals surface area contributed by atoms with Crippen LogP contribution in [0.15, 0.2) is 53.9 Å². The average Bonchev–Trinajstić information content (AvgIpc) is 3.23. The smallest absolute Gasteiger partial charge is 0.244 e. The van der Waals surface area contributed by atoms with Gasteiger partial charge in [-0.15, -0.1) is 11.3 Å². The summed E-state index contributed by atoms with van der Waals surface area (Å²) in [5, 5.41) is 9.94. The lowest BCUT2D eigenvalue weighted by Gasteiger charge is -2.03. The van der Waals surface area contributed by atoms with E-state index >= 15 is 0 Å². The van der Waals surface area contributed by atoms with Crippen LogP contribution in [0, 0.1) is 6.92 Å². The fraction of sp³-hybridized carbons (Fsp3) is 0.200. The Balaban J connectivity index is 1.60. The Kier molecular flexibility index (Phi) is 6.26. The summed E-state index contributed by atoms with van der Waals surface area (Å²) in [6.45, 7) is 3.10. The summed E-state index contributed by atoms with van der Waals surface area (Å²) in [7, 11) is 0. The van der Waals surface area contributed by atoms with Crippen molar-refractivity contribution in [3.05, 3.63) is 80.8 Å². The molecule has 3 aromatic rings. The van der Waals surface area contributed by atoms with Gasteiger partial charge in [0.15, 0.2) is 0 Å². The highest BCUT2D eigenvalue weighted by Crippen LogP contribution is 2.22. The Morgan fingerprint density at radius 2 is 2.08 bits per heavy atom. The van der Waals surface area contributed by atoms with Crippen LogP contribution in [-0.4, -0.2) is 22.2 Å². The number of carbonyl (C=O) groups excluding carboxylic acids is 1. The molecule has 3 rings (SSSR count). The highest BCUT2D eigenvalue weighted by molar-refractivity contribution is 7.09. The van der Waals surface area contributed by atoms with Gasteiger partial charge in [0.25, 0.3) is 0 Å². The van der Waals surface area contributed by atoms with Crippen LogP contribution >= 0.6 is 22.9 Å². The lowest BCUT2D eigenvalue weighted by molar-refractivity contribution is -0.116. The number of nitrogens with zero attached hydrogens (tertiary/aromatic N) is 2. The molecule has 0 aliphatic rings. The van der Waals surface area contributed by atoms with Gasteiger partial charge < -0.3 is 5.32 Å². The quantitative estimate of drug-likeness (QED) is 0.615. The summed E-state index contributed by atoms with van der Waals surface area (Å²) >= 11 is 8.15. The van der Waals surface area contributed by atoms with Crippen molar-refractivity contribution in [2.45, 2.75) is 19.9 Å². The minimum atomic E-state index is -0.132. The molecule has 6 heteroatoms. The summed E-state index contributed by atoms with van der Waals surface area (Å²) in [5.41, 5.74) is 2.70. The van der Waals surface area contributed by atoms with Gasteiger partial charge in [0.1, 0.15) is 5.15 Å². The van der Waals surface area contributed by atoms with Crippen LogP contribution in [0.3, 0.4) is 0 Å². The third-order valence-electron chi connectivity index (χ3n) is 3.94. The van der Waals surface area contributed by atoms with Gasteiger partial charge in [0.2, 0.25) is 5.91 Å². The number of carbonyl (C=O) groups is 1. The summed E-state index contributed by atoms with van der Waals surface area (Å²) < 4.78 is 1.75. The summed E-state index contributed by atoms with van der Waals surface area (Å²) in [6.07, 6.45) is 4.08. The van der Waals surface area contributed by atoms with Crippen LogP contribution in [0.1, 0.15) is 21.7 Å². The second kappa shape index (κ2) is 8.83. The minimum absolute atomic E-state index is 0.132. The Bertz CT molecular complexity index is 885. The number of benzene rings is 1. The normalized spacial score (nSPS) is 11.2. The van der Waals surface area contributed by atoms with Crippen molar-refractivity contribution in [2.75, 3.05) is 6.54 Å². The SMILES string of the molecule is Cc1nn(Cc2ccccc2)c(Cl)c1/C=C/C(=O)NCCc1cccs1. The maximum atomic E-state index is 12.0. The van der Waals surface area contributed by atoms with Crippen molar-refractivity contribution >= 4 is 34.9 Å². The van der Waals surface area contributed by atoms with Crippen LogP contribution in [0.25, 0.3) is 6.08 Å². The molecule has 1 aromatic carbocycles. The van der Waals surface area contributed by atoms with E-state index in [4.69, 9.17) is 11.6 Å². The second-order valence-electron chi connectivity index (χ2n) is 5.89. The van der Waals surface area contributed by atoms with Crippen molar-refractivity contribution in [1.29, 1.82) is 0 Å². The molecule has 0 fully saturated rings. The number of rotatable bonds is 7. The molecule has 0 atom stereocenters. The molecule has 1 N–H and O–H groups in total. The molecular formula is C20H20ClN3OS. The Morgan fingerprint density at radius 1 is 1.27 bits per heavy atom. The molecule has 0 bridgehead atoms. The molecule has 134 valence electrons. The van der Waals surface area contributed by atoms with Gasteiger partial charge in [-0.1, -0.05) is 48.0 Å². The Hall–Kier alpha value is -2.37. The standard InChI is InChI=1S/C20H20ClN3OS/c1-15-18(9-10-19(25)22-12-11-17-8-5-13-26-17)20(21)24(23-15)14-16-6-3-2-4-7-16/h2-10,13H,11-12,14H2,1H3,(H,22,25)/b10-9+. The number of aryl methyl sites for hydroxylation is 1. The van der Waals surface area contributed by atoms with E-state index in [1.807, 2.05) is 48.7 Å². The monoisotopic (exact) mass is 385 g/mol. The highest BCUT2D eigenvalue weighted by atomic mass is 35.5. The summed E-state index contributed by atoms with van der Waals surface area (Å²) in [4.78, 5) is 13.3. The molecule has 0 radical (unpaired) electrons. The molecule has 2 aromatic heterocycles. The number of halogens is 1. The van der Waals surface area contributed by atoms with Crippen LogP contribution in [-0.2, 0) is 17.8 Å². The zero-order valence-electron chi connectivity index (χ0n) is 14.5. The van der Waals surface area contributed by atoms with E-state index < -0.39 is 0 Å². The molecule has 26 heavy (non-hydrogen) atoms. The minimum Gasteiger partial charge on any atom is -0.352 e. The number of aromatic nitrogens is 2. The van der Waals surface area contributed by atoms with E-state index in [2.05, 4.69) is 16.5 Å². The molecule has 2 heterocycles. The van der Waals surface area contributed by atoms with Gasteiger partial charge in [-0.2, -0.15) is 5.10 Å². The number of nitrogens with one attached hydrogen (secondary N) is 1. The van der Waals surface area contributed by atoms with Gasteiger partial charge in [-0.3, -0.25) is 4.79 Å². The predicted molar refractivity (Wildman–Crippen MR) is 108 cm³/mol. The fourth-order valence-corrected chi connectivity index (χ4v) is 3.61. The van der Waals surface area contributed by atoms with Gasteiger partial charge in [0.05, 0.1) is 12.2 Å². The van der Waals surface area contributed by atoms with Crippen molar-refractivity contribution in [3.63, 3.8) is 0 Å². The van der Waals surface area contributed by atoms with Crippen LogP contribution in [0.5, 0.6) is 0 Å². The first-order valence-electron chi connectivity index (χ1n) is 8.38. The Labute approximate surface area is 162 Å². The molecule has 0 aliphatic heterocycles. The molecule has 0 aliphatic carbocycles. The third kappa shape index (κ3) is 4.84. The van der Waals surface area contributed by atoms with E-state index in [0.29, 0.717) is 18.2 Å². The number of hydrogen-bond donors (Lipinski definition) is 1. The predicted octanol–water partition coefficient (Wildman–Crippen LogP) is 4.33. The second-order valence-corrected chi connectivity index (χ2v) is 7.28. The van der Waals surface area contributed by atoms with Crippen LogP contribution in [0.4, 0.5) is 0 Å². The molecule has 0 unspecified atom stereocenters. The maximum Gasteiger partial charge on any atom is 0.244 e. The maximum absolute atomic E-state index is 12.0. The highest BCUT2D eigenvalue weighted by Gasteiger charge is 2.11. The van der Waals surface area contributed by atoms with Gasteiger partial charge in [0, 0.05) is 23.1 Å². The largest absolute Gasteiger partial charge is 0.352 e. The number of amides is 1. The van der Waals surface area contributed by atoms with Crippen LogP contribution in [0.2, 0.25) is 5.15 Å². The zero-order valence-corrected chi connectivity index (χ0v) is 16.1. The van der Waals surface area contributed by atoms with E-state index in [1.54, 1.807) is 22.1 Å². The summed E-state index contributed by atoms with van der Waals surface area (Å²) in [6, 6.07) is 14.1. The summed E-state index contributed by atoms with van der Waals surface area (Å²) in [5.74, 6) is -0.132.